The molecule has 7 heteroatoms. The Morgan fingerprint density at radius 1 is 1.15 bits per heavy atom. The molecule has 0 saturated heterocycles. The number of imidazole rings is 1. The lowest BCUT2D eigenvalue weighted by molar-refractivity contribution is 0.0924. The van der Waals surface area contributed by atoms with E-state index in [4.69, 9.17) is 4.42 Å². The number of pyridine rings is 1. The highest BCUT2D eigenvalue weighted by molar-refractivity contribution is 5.92. The van der Waals surface area contributed by atoms with E-state index < -0.39 is 5.82 Å². The SMILES string of the molecule is O=C(NCc1ccc(-n2ccnc2)nc1)c1ccc(-c2ccccc2F)o1. The van der Waals surface area contributed by atoms with Crippen molar-refractivity contribution in [2.45, 2.75) is 6.54 Å². The summed E-state index contributed by atoms with van der Waals surface area (Å²) in [5, 5.41) is 2.76. The fourth-order valence-electron chi connectivity index (χ4n) is 2.60. The van der Waals surface area contributed by atoms with Crippen LogP contribution in [0.25, 0.3) is 17.1 Å². The van der Waals surface area contributed by atoms with Gasteiger partial charge in [0.25, 0.3) is 5.91 Å². The van der Waals surface area contributed by atoms with Gasteiger partial charge in [-0.15, -0.1) is 0 Å². The highest BCUT2D eigenvalue weighted by Crippen LogP contribution is 2.24. The fourth-order valence-corrected chi connectivity index (χ4v) is 2.60. The van der Waals surface area contributed by atoms with E-state index >= 15 is 0 Å². The third-order valence-electron chi connectivity index (χ3n) is 4.00. The predicted molar refractivity (Wildman–Crippen MR) is 96.6 cm³/mol. The van der Waals surface area contributed by atoms with Gasteiger partial charge in [0.05, 0.1) is 5.56 Å². The van der Waals surface area contributed by atoms with Gasteiger partial charge in [-0.1, -0.05) is 18.2 Å². The summed E-state index contributed by atoms with van der Waals surface area (Å²) in [6.45, 7) is 0.297. The standard InChI is InChI=1S/C20H15FN4O2/c21-16-4-2-1-3-15(16)17-6-7-18(27-17)20(26)24-12-14-5-8-19(23-11-14)25-10-9-22-13-25/h1-11,13H,12H2,(H,24,26). The Hall–Kier alpha value is -3.74. The molecule has 4 aromatic rings. The predicted octanol–water partition coefficient (Wildman–Crippen LogP) is 3.60. The molecule has 1 aromatic carbocycles. The quantitative estimate of drug-likeness (QED) is 0.589. The maximum absolute atomic E-state index is 13.8. The van der Waals surface area contributed by atoms with Crippen molar-refractivity contribution >= 4 is 5.91 Å². The summed E-state index contributed by atoms with van der Waals surface area (Å²) in [6.07, 6.45) is 6.82. The molecule has 3 heterocycles. The fraction of sp³-hybridized carbons (Fsp3) is 0.0500. The zero-order chi connectivity index (χ0) is 18.6. The van der Waals surface area contributed by atoms with Crippen LogP contribution in [0.15, 0.2) is 77.9 Å². The number of halogens is 1. The minimum Gasteiger partial charge on any atom is -0.451 e. The van der Waals surface area contributed by atoms with E-state index in [-0.39, 0.29) is 11.7 Å². The molecule has 0 unspecified atom stereocenters. The molecular formula is C20H15FN4O2. The van der Waals surface area contributed by atoms with E-state index in [0.29, 0.717) is 17.9 Å². The second kappa shape index (κ2) is 7.25. The number of carbonyl (C=O) groups is 1. The van der Waals surface area contributed by atoms with Crippen molar-refractivity contribution in [3.05, 3.63) is 90.6 Å². The highest BCUT2D eigenvalue weighted by atomic mass is 19.1. The van der Waals surface area contributed by atoms with Crippen molar-refractivity contribution in [2.24, 2.45) is 0 Å². The first-order valence-corrected chi connectivity index (χ1v) is 8.27. The van der Waals surface area contributed by atoms with E-state index in [0.717, 1.165) is 11.4 Å². The van der Waals surface area contributed by atoms with Crippen LogP contribution in [0, 0.1) is 5.82 Å². The summed E-state index contributed by atoms with van der Waals surface area (Å²) in [4.78, 5) is 20.6. The zero-order valence-corrected chi connectivity index (χ0v) is 14.2. The summed E-state index contributed by atoms with van der Waals surface area (Å²) >= 11 is 0. The Morgan fingerprint density at radius 2 is 2.04 bits per heavy atom. The second-order valence-electron chi connectivity index (χ2n) is 5.82. The van der Waals surface area contributed by atoms with Crippen LogP contribution < -0.4 is 5.32 Å². The summed E-state index contributed by atoms with van der Waals surface area (Å²) in [5.41, 5.74) is 1.16. The monoisotopic (exact) mass is 362 g/mol. The van der Waals surface area contributed by atoms with Crippen molar-refractivity contribution in [1.82, 2.24) is 19.9 Å². The van der Waals surface area contributed by atoms with Crippen molar-refractivity contribution in [3.63, 3.8) is 0 Å². The van der Waals surface area contributed by atoms with Crippen LogP contribution >= 0.6 is 0 Å². The summed E-state index contributed by atoms with van der Waals surface area (Å²) in [6, 6.07) is 13.1. The third-order valence-corrected chi connectivity index (χ3v) is 4.00. The highest BCUT2D eigenvalue weighted by Gasteiger charge is 2.14. The van der Waals surface area contributed by atoms with Crippen LogP contribution in [-0.2, 0) is 6.54 Å². The van der Waals surface area contributed by atoms with Gasteiger partial charge in [-0.05, 0) is 35.9 Å². The summed E-state index contributed by atoms with van der Waals surface area (Å²) < 4.78 is 21.1. The molecule has 0 atom stereocenters. The van der Waals surface area contributed by atoms with E-state index in [9.17, 15) is 9.18 Å². The van der Waals surface area contributed by atoms with Gasteiger partial charge in [0.1, 0.15) is 23.7 Å². The number of nitrogens with one attached hydrogen (secondary N) is 1. The zero-order valence-electron chi connectivity index (χ0n) is 14.2. The Kier molecular flexibility index (Phi) is 4.49. The summed E-state index contributed by atoms with van der Waals surface area (Å²) in [7, 11) is 0. The molecule has 0 aliphatic heterocycles. The normalized spacial score (nSPS) is 10.7. The number of aromatic nitrogens is 3. The van der Waals surface area contributed by atoms with Gasteiger partial charge in [0, 0.05) is 25.1 Å². The minimum atomic E-state index is -0.400. The topological polar surface area (TPSA) is 73.0 Å². The average Bonchev–Trinajstić information content (AvgIpc) is 3.39. The molecule has 0 spiro atoms. The number of amides is 1. The second-order valence-corrected chi connectivity index (χ2v) is 5.82. The molecule has 4 rings (SSSR count). The molecule has 134 valence electrons. The average molecular weight is 362 g/mol. The van der Waals surface area contributed by atoms with Crippen LogP contribution in [0.5, 0.6) is 0 Å². The van der Waals surface area contributed by atoms with Gasteiger partial charge in [0.2, 0.25) is 0 Å². The molecule has 0 saturated carbocycles. The molecule has 0 fully saturated rings. The van der Waals surface area contributed by atoms with Crippen molar-refractivity contribution < 1.29 is 13.6 Å². The molecule has 1 amide bonds. The molecule has 0 bridgehead atoms. The number of carbonyl (C=O) groups excluding carboxylic acids is 1. The van der Waals surface area contributed by atoms with E-state index in [1.807, 2.05) is 12.1 Å². The number of nitrogens with zero attached hydrogens (tertiary/aromatic N) is 3. The minimum absolute atomic E-state index is 0.122. The van der Waals surface area contributed by atoms with Gasteiger partial charge in [-0.25, -0.2) is 14.4 Å². The van der Waals surface area contributed by atoms with E-state index in [1.54, 1.807) is 53.8 Å². The molecule has 6 nitrogen and oxygen atoms in total. The van der Waals surface area contributed by atoms with Crippen LogP contribution in [0.2, 0.25) is 0 Å². The maximum atomic E-state index is 13.8. The van der Waals surface area contributed by atoms with E-state index in [1.165, 1.54) is 12.1 Å². The number of hydrogen-bond donors (Lipinski definition) is 1. The van der Waals surface area contributed by atoms with Crippen LogP contribution in [0.4, 0.5) is 4.39 Å². The lowest BCUT2D eigenvalue weighted by Gasteiger charge is -2.05. The van der Waals surface area contributed by atoms with E-state index in [2.05, 4.69) is 15.3 Å². The molecule has 0 aliphatic carbocycles. The smallest absolute Gasteiger partial charge is 0.287 e. The van der Waals surface area contributed by atoms with Crippen LogP contribution in [0.1, 0.15) is 16.1 Å². The van der Waals surface area contributed by atoms with Crippen molar-refractivity contribution in [3.8, 4) is 17.1 Å². The largest absolute Gasteiger partial charge is 0.451 e. The van der Waals surface area contributed by atoms with Crippen molar-refractivity contribution in [1.29, 1.82) is 0 Å². The number of hydrogen-bond acceptors (Lipinski definition) is 4. The van der Waals surface area contributed by atoms with Gasteiger partial charge in [-0.2, -0.15) is 0 Å². The Bertz CT molecular complexity index is 1060. The van der Waals surface area contributed by atoms with Gasteiger partial charge < -0.3 is 9.73 Å². The molecule has 27 heavy (non-hydrogen) atoms. The lowest BCUT2D eigenvalue weighted by Crippen LogP contribution is -2.22. The number of furan rings is 1. The lowest BCUT2D eigenvalue weighted by atomic mass is 10.1. The number of rotatable bonds is 5. The Labute approximate surface area is 154 Å². The Balaban J connectivity index is 1.41. The van der Waals surface area contributed by atoms with Crippen LogP contribution in [-0.4, -0.2) is 20.4 Å². The first-order chi connectivity index (χ1) is 13.2. The summed E-state index contributed by atoms with van der Waals surface area (Å²) in [5.74, 6) is 0.392. The molecule has 0 aliphatic rings. The van der Waals surface area contributed by atoms with Crippen LogP contribution in [0.3, 0.4) is 0 Å². The molecule has 1 N–H and O–H groups in total. The Morgan fingerprint density at radius 3 is 2.78 bits per heavy atom. The van der Waals surface area contributed by atoms with Gasteiger partial charge in [0.15, 0.2) is 5.76 Å². The van der Waals surface area contributed by atoms with Gasteiger partial charge >= 0.3 is 0 Å². The van der Waals surface area contributed by atoms with Gasteiger partial charge in [-0.3, -0.25) is 9.36 Å². The maximum Gasteiger partial charge on any atom is 0.287 e. The molecule has 3 aromatic heterocycles. The first kappa shape index (κ1) is 16.7. The first-order valence-electron chi connectivity index (χ1n) is 8.27. The molecular weight excluding hydrogens is 347 g/mol. The van der Waals surface area contributed by atoms with Crippen molar-refractivity contribution in [2.75, 3.05) is 0 Å². The third kappa shape index (κ3) is 3.62. The number of benzene rings is 1. The molecule has 0 radical (unpaired) electrons.